The number of aromatic nitrogens is 4. The monoisotopic (exact) mass is 373 g/mol. The molecule has 3 aromatic rings. The second-order valence-corrected chi connectivity index (χ2v) is 5.33. The second kappa shape index (κ2) is 5.19. The maximum absolute atomic E-state index is 13.7. The highest BCUT2D eigenvalue weighted by atomic mass is 79.9. The minimum Gasteiger partial charge on any atom is -0.368 e. The molecule has 0 spiro atoms. The van der Waals surface area contributed by atoms with Crippen molar-refractivity contribution in [1.82, 2.24) is 19.7 Å². The zero-order valence-electron chi connectivity index (χ0n) is 10.3. The van der Waals surface area contributed by atoms with E-state index in [0.717, 1.165) is 0 Å². The SMILES string of the molecule is Nc1nc(Cl)c2c(Br)nn(Cc3c(F)cccc3F)c2n1. The third-order valence-electron chi connectivity index (χ3n) is 2.89. The normalized spacial score (nSPS) is 11.2. The predicted octanol–water partition coefficient (Wildman–Crippen LogP) is 3.15. The number of fused-ring (bicyclic) bond motifs is 1. The number of nitrogens with two attached hydrogens (primary N) is 1. The van der Waals surface area contributed by atoms with Crippen molar-refractivity contribution in [2.45, 2.75) is 6.54 Å². The fourth-order valence-electron chi connectivity index (χ4n) is 1.95. The molecule has 0 unspecified atom stereocenters. The Balaban J connectivity index is 2.18. The lowest BCUT2D eigenvalue weighted by molar-refractivity contribution is 0.535. The number of halogens is 4. The Hall–Kier alpha value is -1.80. The molecule has 0 saturated heterocycles. The molecule has 2 aromatic heterocycles. The summed E-state index contributed by atoms with van der Waals surface area (Å²) in [5.74, 6) is -1.37. The summed E-state index contributed by atoms with van der Waals surface area (Å²) >= 11 is 9.20. The van der Waals surface area contributed by atoms with Gasteiger partial charge in [-0.05, 0) is 28.1 Å². The lowest BCUT2D eigenvalue weighted by Crippen LogP contribution is -2.08. The summed E-state index contributed by atoms with van der Waals surface area (Å²) in [5.41, 5.74) is 5.72. The molecule has 0 saturated carbocycles. The summed E-state index contributed by atoms with van der Waals surface area (Å²) < 4.78 is 29.1. The molecular formula is C12H7BrClF2N5. The van der Waals surface area contributed by atoms with E-state index in [9.17, 15) is 8.78 Å². The first-order chi connectivity index (χ1) is 9.97. The van der Waals surface area contributed by atoms with Crippen molar-refractivity contribution < 1.29 is 8.78 Å². The Labute approximate surface area is 130 Å². The van der Waals surface area contributed by atoms with E-state index >= 15 is 0 Å². The quantitative estimate of drug-likeness (QED) is 0.700. The first-order valence-corrected chi connectivity index (χ1v) is 6.92. The van der Waals surface area contributed by atoms with Gasteiger partial charge < -0.3 is 5.73 Å². The van der Waals surface area contributed by atoms with E-state index in [1.54, 1.807) is 0 Å². The highest BCUT2D eigenvalue weighted by Gasteiger charge is 2.18. The molecule has 3 rings (SSSR count). The van der Waals surface area contributed by atoms with Crippen LogP contribution >= 0.6 is 27.5 Å². The van der Waals surface area contributed by atoms with Crippen molar-refractivity contribution in [2.75, 3.05) is 5.73 Å². The van der Waals surface area contributed by atoms with Gasteiger partial charge in [0.2, 0.25) is 5.95 Å². The Kier molecular flexibility index (Phi) is 3.50. The fourth-order valence-corrected chi connectivity index (χ4v) is 2.88. The van der Waals surface area contributed by atoms with Crippen LogP contribution in [0.25, 0.3) is 11.0 Å². The van der Waals surface area contributed by atoms with Crippen molar-refractivity contribution in [3.63, 3.8) is 0 Å². The predicted molar refractivity (Wildman–Crippen MR) is 77.9 cm³/mol. The van der Waals surface area contributed by atoms with E-state index in [2.05, 4.69) is 31.0 Å². The zero-order chi connectivity index (χ0) is 15.1. The first kappa shape index (κ1) is 14.2. The highest BCUT2D eigenvalue weighted by Crippen LogP contribution is 2.29. The number of benzene rings is 1. The Morgan fingerprint density at radius 1 is 1.24 bits per heavy atom. The van der Waals surface area contributed by atoms with Crippen LogP contribution in [0.15, 0.2) is 22.8 Å². The van der Waals surface area contributed by atoms with Crippen LogP contribution in [0.1, 0.15) is 5.56 Å². The van der Waals surface area contributed by atoms with Crippen LogP contribution in [0, 0.1) is 11.6 Å². The number of hydrogen-bond acceptors (Lipinski definition) is 4. The number of rotatable bonds is 2. The Morgan fingerprint density at radius 3 is 2.57 bits per heavy atom. The molecule has 5 nitrogen and oxygen atoms in total. The average molecular weight is 375 g/mol. The molecule has 21 heavy (non-hydrogen) atoms. The minimum atomic E-state index is -0.664. The van der Waals surface area contributed by atoms with Gasteiger partial charge in [0.15, 0.2) is 5.65 Å². The summed E-state index contributed by atoms with van der Waals surface area (Å²) in [6.45, 7) is -0.145. The lowest BCUT2D eigenvalue weighted by atomic mass is 10.2. The molecule has 0 amide bonds. The molecule has 2 heterocycles. The fraction of sp³-hybridized carbons (Fsp3) is 0.0833. The van der Waals surface area contributed by atoms with Crippen LogP contribution < -0.4 is 5.73 Å². The largest absolute Gasteiger partial charge is 0.368 e. The van der Waals surface area contributed by atoms with Gasteiger partial charge in [0.25, 0.3) is 0 Å². The van der Waals surface area contributed by atoms with Gasteiger partial charge in [0, 0.05) is 5.56 Å². The van der Waals surface area contributed by atoms with Gasteiger partial charge in [-0.15, -0.1) is 0 Å². The molecule has 0 radical (unpaired) electrons. The summed E-state index contributed by atoms with van der Waals surface area (Å²) in [6, 6.07) is 3.65. The molecular weight excluding hydrogens is 368 g/mol. The number of nitrogens with zero attached hydrogens (tertiary/aromatic N) is 4. The van der Waals surface area contributed by atoms with Crippen LogP contribution in [0.5, 0.6) is 0 Å². The van der Waals surface area contributed by atoms with Crippen molar-refractivity contribution >= 4 is 44.5 Å². The Bertz CT molecular complexity index is 831. The van der Waals surface area contributed by atoms with E-state index < -0.39 is 11.6 Å². The van der Waals surface area contributed by atoms with Crippen molar-refractivity contribution in [3.8, 4) is 0 Å². The number of hydrogen-bond donors (Lipinski definition) is 1. The molecule has 0 aliphatic carbocycles. The molecule has 0 bridgehead atoms. The molecule has 2 N–H and O–H groups in total. The molecule has 108 valence electrons. The summed E-state index contributed by atoms with van der Waals surface area (Å²) in [4.78, 5) is 7.84. The zero-order valence-corrected chi connectivity index (χ0v) is 12.7. The van der Waals surface area contributed by atoms with E-state index in [-0.39, 0.29) is 23.2 Å². The maximum Gasteiger partial charge on any atom is 0.223 e. The molecule has 9 heteroatoms. The summed E-state index contributed by atoms with van der Waals surface area (Å²) in [5, 5.41) is 4.68. The smallest absolute Gasteiger partial charge is 0.223 e. The maximum atomic E-state index is 13.7. The van der Waals surface area contributed by atoms with Crippen LogP contribution in [0.2, 0.25) is 5.15 Å². The summed E-state index contributed by atoms with van der Waals surface area (Å²) in [6.07, 6.45) is 0. The van der Waals surface area contributed by atoms with E-state index in [1.807, 2.05) is 0 Å². The van der Waals surface area contributed by atoms with Gasteiger partial charge >= 0.3 is 0 Å². The minimum absolute atomic E-state index is 0.0462. The van der Waals surface area contributed by atoms with Gasteiger partial charge in [0.05, 0.1) is 11.9 Å². The topological polar surface area (TPSA) is 69.6 Å². The van der Waals surface area contributed by atoms with Crippen molar-refractivity contribution in [2.24, 2.45) is 0 Å². The van der Waals surface area contributed by atoms with Crippen molar-refractivity contribution in [3.05, 3.63) is 45.2 Å². The third kappa shape index (κ3) is 2.44. The van der Waals surface area contributed by atoms with Gasteiger partial charge in [-0.2, -0.15) is 10.1 Å². The van der Waals surface area contributed by atoms with Gasteiger partial charge in [0.1, 0.15) is 21.4 Å². The van der Waals surface area contributed by atoms with E-state index in [4.69, 9.17) is 17.3 Å². The van der Waals surface area contributed by atoms with E-state index in [0.29, 0.717) is 15.6 Å². The van der Waals surface area contributed by atoms with Crippen LogP contribution in [0.4, 0.5) is 14.7 Å². The number of anilines is 1. The molecule has 0 fully saturated rings. The summed E-state index contributed by atoms with van der Waals surface area (Å²) in [7, 11) is 0. The van der Waals surface area contributed by atoms with Gasteiger partial charge in [-0.25, -0.2) is 18.4 Å². The molecule has 0 aliphatic heterocycles. The number of nitrogen functional groups attached to an aromatic ring is 1. The molecule has 0 atom stereocenters. The average Bonchev–Trinajstić information content (AvgIpc) is 2.70. The van der Waals surface area contributed by atoms with E-state index in [1.165, 1.54) is 22.9 Å². The van der Waals surface area contributed by atoms with Gasteiger partial charge in [-0.3, -0.25) is 0 Å². The van der Waals surface area contributed by atoms with Crippen LogP contribution in [-0.4, -0.2) is 19.7 Å². The lowest BCUT2D eigenvalue weighted by Gasteiger charge is -2.06. The Morgan fingerprint density at radius 2 is 1.90 bits per heavy atom. The molecule has 1 aromatic carbocycles. The molecule has 0 aliphatic rings. The van der Waals surface area contributed by atoms with Crippen LogP contribution in [0.3, 0.4) is 0 Å². The third-order valence-corrected chi connectivity index (χ3v) is 3.72. The van der Waals surface area contributed by atoms with Gasteiger partial charge in [-0.1, -0.05) is 17.7 Å². The van der Waals surface area contributed by atoms with Crippen LogP contribution in [-0.2, 0) is 6.54 Å². The first-order valence-electron chi connectivity index (χ1n) is 5.75. The second-order valence-electron chi connectivity index (χ2n) is 4.22. The highest BCUT2D eigenvalue weighted by molar-refractivity contribution is 9.10. The van der Waals surface area contributed by atoms with Crippen molar-refractivity contribution in [1.29, 1.82) is 0 Å². The standard InChI is InChI=1S/C12H7BrClF2N5/c13-9-8-10(14)18-12(17)19-11(8)21(20-9)4-5-6(15)2-1-3-7(5)16/h1-3H,4H2,(H2,17,18,19).